The predicted molar refractivity (Wildman–Crippen MR) is 157 cm³/mol. The molecule has 0 saturated heterocycles. The zero-order valence-corrected chi connectivity index (χ0v) is 24.0. The molecule has 0 N–H and O–H groups in total. The van der Waals surface area contributed by atoms with Crippen molar-refractivity contribution in [2.45, 2.75) is 44.9 Å². The lowest BCUT2D eigenvalue weighted by Crippen LogP contribution is -2.26. The minimum atomic E-state index is -0.365. The fraction of sp³-hybridized carbons (Fsp3) is 0.273. The zero-order valence-electron chi connectivity index (χ0n) is 20.8. The Labute approximate surface area is 231 Å². The minimum Gasteiger partial charge on any atom is -0.493 e. The van der Waals surface area contributed by atoms with Gasteiger partial charge in [0.2, 0.25) is 0 Å². The SMILES string of the molecule is CCCCC(CC)COc1ccc2c(c1)C1(c3ccccc3-2)c2cc(Br)ccc2-c2ccc(Br)cc21. The molecule has 0 saturated carbocycles. The van der Waals surface area contributed by atoms with Gasteiger partial charge in [-0.25, -0.2) is 0 Å². The van der Waals surface area contributed by atoms with Gasteiger partial charge in [0.05, 0.1) is 12.0 Å². The van der Waals surface area contributed by atoms with Gasteiger partial charge in [-0.05, 0) is 93.2 Å². The van der Waals surface area contributed by atoms with E-state index >= 15 is 0 Å². The van der Waals surface area contributed by atoms with E-state index in [1.807, 2.05) is 0 Å². The van der Waals surface area contributed by atoms with Crippen LogP contribution in [0.2, 0.25) is 0 Å². The summed E-state index contributed by atoms with van der Waals surface area (Å²) in [4.78, 5) is 0. The number of hydrogen-bond acceptors (Lipinski definition) is 1. The highest BCUT2D eigenvalue weighted by molar-refractivity contribution is 9.10. The Hall–Kier alpha value is -2.36. The summed E-state index contributed by atoms with van der Waals surface area (Å²) in [6.45, 7) is 5.32. The van der Waals surface area contributed by atoms with E-state index < -0.39 is 0 Å². The average molecular weight is 602 g/mol. The van der Waals surface area contributed by atoms with E-state index in [0.717, 1.165) is 27.7 Å². The van der Waals surface area contributed by atoms with Crippen molar-refractivity contribution in [1.82, 2.24) is 0 Å². The molecule has 4 aromatic carbocycles. The summed E-state index contributed by atoms with van der Waals surface area (Å²) in [6.07, 6.45) is 4.89. The fourth-order valence-electron chi connectivity index (χ4n) is 6.31. The largest absolute Gasteiger partial charge is 0.493 e. The number of rotatable bonds is 7. The summed E-state index contributed by atoms with van der Waals surface area (Å²) in [5.41, 5.74) is 10.2. The summed E-state index contributed by atoms with van der Waals surface area (Å²) in [5.74, 6) is 1.57. The van der Waals surface area contributed by atoms with Crippen LogP contribution in [0, 0.1) is 5.92 Å². The maximum atomic E-state index is 6.49. The first-order chi connectivity index (χ1) is 17.6. The molecule has 1 nitrogen and oxygen atoms in total. The number of halogens is 2. The lowest BCUT2D eigenvalue weighted by molar-refractivity contribution is 0.233. The molecule has 6 rings (SSSR count). The molecule has 0 radical (unpaired) electrons. The Morgan fingerprint density at radius 2 is 1.28 bits per heavy atom. The standard InChI is InChI=1S/C33H30Br2O/c1-3-5-8-21(4-2)20-36-24-13-16-28-25-9-6-7-10-29(25)33(32(28)19-24)30-17-22(34)11-14-26(30)27-15-12-23(35)18-31(27)33/h6-7,9-19,21H,3-5,8,20H2,1-2H3. The van der Waals surface area contributed by atoms with Crippen molar-refractivity contribution in [3.63, 3.8) is 0 Å². The molecule has 0 heterocycles. The van der Waals surface area contributed by atoms with Gasteiger partial charge in [-0.1, -0.05) is 107 Å². The molecule has 1 spiro atoms. The molecule has 182 valence electrons. The monoisotopic (exact) mass is 600 g/mol. The molecular weight excluding hydrogens is 572 g/mol. The summed E-state index contributed by atoms with van der Waals surface area (Å²) in [5, 5.41) is 0. The number of unbranched alkanes of at least 4 members (excludes halogenated alkanes) is 1. The van der Waals surface area contributed by atoms with E-state index in [1.165, 1.54) is 63.8 Å². The molecule has 0 aliphatic heterocycles. The van der Waals surface area contributed by atoms with Gasteiger partial charge >= 0.3 is 0 Å². The van der Waals surface area contributed by atoms with Gasteiger partial charge in [0.25, 0.3) is 0 Å². The Balaban J connectivity index is 1.56. The van der Waals surface area contributed by atoms with E-state index in [4.69, 9.17) is 4.74 Å². The Bertz CT molecular complexity index is 1400. The lowest BCUT2D eigenvalue weighted by Gasteiger charge is -2.31. The molecule has 0 bridgehead atoms. The second kappa shape index (κ2) is 9.50. The zero-order chi connectivity index (χ0) is 24.9. The molecule has 1 unspecified atom stereocenters. The third-order valence-electron chi connectivity index (χ3n) is 8.11. The van der Waals surface area contributed by atoms with Crippen molar-refractivity contribution in [3.8, 4) is 28.0 Å². The van der Waals surface area contributed by atoms with Gasteiger partial charge in [0, 0.05) is 8.95 Å². The predicted octanol–water partition coefficient (Wildman–Crippen LogP) is 10.2. The highest BCUT2D eigenvalue weighted by Crippen LogP contribution is 2.63. The third-order valence-corrected chi connectivity index (χ3v) is 9.09. The first-order valence-corrected chi connectivity index (χ1v) is 14.6. The molecular formula is C33H30Br2O. The van der Waals surface area contributed by atoms with Crippen LogP contribution in [0.1, 0.15) is 61.8 Å². The van der Waals surface area contributed by atoms with Crippen molar-refractivity contribution in [1.29, 1.82) is 0 Å². The van der Waals surface area contributed by atoms with Crippen molar-refractivity contribution < 1.29 is 4.74 Å². The molecule has 0 aromatic heterocycles. The molecule has 1 atom stereocenters. The summed E-state index contributed by atoms with van der Waals surface area (Å²) < 4.78 is 8.70. The summed E-state index contributed by atoms with van der Waals surface area (Å²) in [6, 6.07) is 29.2. The van der Waals surface area contributed by atoms with Crippen molar-refractivity contribution in [3.05, 3.63) is 110 Å². The topological polar surface area (TPSA) is 9.23 Å². The smallest absolute Gasteiger partial charge is 0.119 e. The Morgan fingerprint density at radius 3 is 1.92 bits per heavy atom. The van der Waals surface area contributed by atoms with E-state index in [-0.39, 0.29) is 5.41 Å². The quantitative estimate of drug-likeness (QED) is 0.177. The number of benzene rings is 4. The fourth-order valence-corrected chi connectivity index (χ4v) is 7.03. The minimum absolute atomic E-state index is 0.365. The number of ether oxygens (including phenoxy) is 1. The van der Waals surface area contributed by atoms with Crippen LogP contribution in [0.5, 0.6) is 5.75 Å². The van der Waals surface area contributed by atoms with Crippen LogP contribution in [0.25, 0.3) is 22.3 Å². The van der Waals surface area contributed by atoms with E-state index in [0.29, 0.717) is 5.92 Å². The average Bonchev–Trinajstić information content (AvgIpc) is 3.34. The molecule has 4 aromatic rings. The highest BCUT2D eigenvalue weighted by Gasteiger charge is 2.52. The van der Waals surface area contributed by atoms with Crippen LogP contribution < -0.4 is 4.74 Å². The number of hydrogen-bond donors (Lipinski definition) is 0. The maximum absolute atomic E-state index is 6.49. The second-order valence-electron chi connectivity index (χ2n) is 10.1. The van der Waals surface area contributed by atoms with Crippen LogP contribution in [0.15, 0.2) is 87.8 Å². The third kappa shape index (κ3) is 3.62. The van der Waals surface area contributed by atoms with Gasteiger partial charge in [0.1, 0.15) is 5.75 Å². The molecule has 3 heteroatoms. The van der Waals surface area contributed by atoms with Gasteiger partial charge in [-0.15, -0.1) is 0 Å². The van der Waals surface area contributed by atoms with Crippen LogP contribution in [0.4, 0.5) is 0 Å². The van der Waals surface area contributed by atoms with E-state index in [2.05, 4.69) is 125 Å². The van der Waals surface area contributed by atoms with Crippen LogP contribution in [-0.2, 0) is 5.41 Å². The summed E-state index contributed by atoms with van der Waals surface area (Å²) in [7, 11) is 0. The van der Waals surface area contributed by atoms with Gasteiger partial charge in [0.15, 0.2) is 0 Å². The normalized spacial score (nSPS) is 14.8. The second-order valence-corrected chi connectivity index (χ2v) is 11.9. The first-order valence-electron chi connectivity index (χ1n) is 13.1. The van der Waals surface area contributed by atoms with Gasteiger partial charge < -0.3 is 4.74 Å². The molecule has 0 fully saturated rings. The van der Waals surface area contributed by atoms with Gasteiger partial charge in [-0.2, -0.15) is 0 Å². The molecule has 2 aliphatic rings. The molecule has 2 aliphatic carbocycles. The first kappa shape index (κ1) is 24.0. The van der Waals surface area contributed by atoms with E-state index in [9.17, 15) is 0 Å². The highest BCUT2D eigenvalue weighted by atomic mass is 79.9. The van der Waals surface area contributed by atoms with Gasteiger partial charge in [-0.3, -0.25) is 0 Å². The summed E-state index contributed by atoms with van der Waals surface area (Å²) >= 11 is 7.57. The van der Waals surface area contributed by atoms with Crippen LogP contribution >= 0.6 is 31.9 Å². The molecule has 0 amide bonds. The van der Waals surface area contributed by atoms with Crippen molar-refractivity contribution in [2.24, 2.45) is 5.92 Å². The van der Waals surface area contributed by atoms with E-state index in [1.54, 1.807) is 0 Å². The number of fused-ring (bicyclic) bond motifs is 10. The molecule has 36 heavy (non-hydrogen) atoms. The maximum Gasteiger partial charge on any atom is 0.119 e. The van der Waals surface area contributed by atoms with Crippen molar-refractivity contribution in [2.75, 3.05) is 6.61 Å². The van der Waals surface area contributed by atoms with Crippen LogP contribution in [0.3, 0.4) is 0 Å². The van der Waals surface area contributed by atoms with Crippen molar-refractivity contribution >= 4 is 31.9 Å². The van der Waals surface area contributed by atoms with Crippen LogP contribution in [-0.4, -0.2) is 6.61 Å². The lowest BCUT2D eigenvalue weighted by atomic mass is 9.70. The Morgan fingerprint density at radius 1 is 0.694 bits per heavy atom. The Kier molecular flexibility index (Phi) is 6.34.